The zero-order valence-corrected chi connectivity index (χ0v) is 13.6. The molecule has 0 radical (unpaired) electrons. The fourth-order valence-electron chi connectivity index (χ4n) is 2.75. The van der Waals surface area contributed by atoms with Gasteiger partial charge in [-0.25, -0.2) is 9.38 Å². The Balaban J connectivity index is 1.94. The van der Waals surface area contributed by atoms with Crippen molar-refractivity contribution in [2.75, 3.05) is 7.11 Å². The topological polar surface area (TPSA) is 43.6 Å². The molecule has 0 N–H and O–H groups in total. The van der Waals surface area contributed by atoms with E-state index >= 15 is 0 Å². The highest BCUT2D eigenvalue weighted by Gasteiger charge is 2.10. The number of thiazole rings is 1. The second-order valence-electron chi connectivity index (χ2n) is 5.36. The highest BCUT2D eigenvalue weighted by atomic mass is 32.1. The summed E-state index contributed by atoms with van der Waals surface area (Å²) < 4.78 is 7.64. The van der Waals surface area contributed by atoms with Crippen molar-refractivity contribution >= 4 is 33.4 Å². The maximum atomic E-state index is 12.7. The van der Waals surface area contributed by atoms with Crippen LogP contribution in [-0.2, 0) is 0 Å². The molecule has 0 spiro atoms. The van der Waals surface area contributed by atoms with Crippen molar-refractivity contribution in [3.8, 4) is 5.75 Å². The maximum Gasteiger partial charge on any atom is 0.274 e. The fraction of sp³-hybridized carbons (Fsp3) is 0.111. The van der Waals surface area contributed by atoms with E-state index in [0.717, 1.165) is 32.9 Å². The summed E-state index contributed by atoms with van der Waals surface area (Å²) in [6.45, 7) is 1.99. The van der Waals surface area contributed by atoms with E-state index in [4.69, 9.17) is 4.74 Å². The van der Waals surface area contributed by atoms with Crippen LogP contribution in [0.15, 0.2) is 47.3 Å². The van der Waals surface area contributed by atoms with Gasteiger partial charge in [0.1, 0.15) is 5.75 Å². The van der Waals surface area contributed by atoms with E-state index in [9.17, 15) is 4.79 Å². The largest absolute Gasteiger partial charge is 0.496 e. The van der Waals surface area contributed by atoms with Crippen molar-refractivity contribution in [3.63, 3.8) is 0 Å². The Labute approximate surface area is 136 Å². The molecule has 0 saturated heterocycles. The first-order valence-corrected chi connectivity index (χ1v) is 8.05. The number of methoxy groups -OCH3 is 1. The number of rotatable bonds is 2. The van der Waals surface area contributed by atoms with Crippen LogP contribution in [0.3, 0.4) is 0 Å². The van der Waals surface area contributed by atoms with Gasteiger partial charge in [0.25, 0.3) is 5.56 Å². The molecule has 0 atom stereocenters. The second kappa shape index (κ2) is 5.21. The van der Waals surface area contributed by atoms with Gasteiger partial charge in [-0.3, -0.25) is 4.79 Å². The van der Waals surface area contributed by atoms with E-state index in [0.29, 0.717) is 4.53 Å². The Hall–Kier alpha value is -2.66. The van der Waals surface area contributed by atoms with Crippen molar-refractivity contribution in [1.82, 2.24) is 9.38 Å². The van der Waals surface area contributed by atoms with Crippen LogP contribution in [0.5, 0.6) is 5.75 Å². The summed E-state index contributed by atoms with van der Waals surface area (Å²) in [6.07, 6.45) is 1.91. The van der Waals surface area contributed by atoms with Gasteiger partial charge in [0.2, 0.25) is 0 Å². The quantitative estimate of drug-likeness (QED) is 0.570. The SMILES string of the molecule is COc1ccc(C=c2sc3nc4ccccc4n3c2=O)cc1C. The van der Waals surface area contributed by atoms with Crippen LogP contribution in [0.4, 0.5) is 0 Å². The molecule has 0 amide bonds. The highest BCUT2D eigenvalue weighted by Crippen LogP contribution is 2.19. The number of aryl methyl sites for hydroxylation is 1. The average Bonchev–Trinajstić information content (AvgIpc) is 3.05. The van der Waals surface area contributed by atoms with Crippen molar-refractivity contribution in [2.45, 2.75) is 6.92 Å². The summed E-state index contributed by atoms with van der Waals surface area (Å²) in [4.78, 5) is 17.9. The molecule has 4 nitrogen and oxygen atoms in total. The number of fused-ring (bicyclic) bond motifs is 3. The standard InChI is InChI=1S/C18H14N2O2S/c1-11-9-12(7-8-15(11)22-2)10-16-17(21)20-14-6-4-3-5-13(14)19-18(20)23-16/h3-10H,1-2H3. The van der Waals surface area contributed by atoms with E-state index in [1.54, 1.807) is 11.5 Å². The molecule has 0 bridgehead atoms. The van der Waals surface area contributed by atoms with Crippen LogP contribution in [0.25, 0.3) is 22.1 Å². The van der Waals surface area contributed by atoms with E-state index in [2.05, 4.69) is 4.98 Å². The summed E-state index contributed by atoms with van der Waals surface area (Å²) in [7, 11) is 1.65. The first-order valence-electron chi connectivity index (χ1n) is 7.24. The molecule has 2 aromatic carbocycles. The van der Waals surface area contributed by atoms with Gasteiger partial charge in [-0.1, -0.05) is 29.5 Å². The Morgan fingerprint density at radius 3 is 2.83 bits per heavy atom. The highest BCUT2D eigenvalue weighted by molar-refractivity contribution is 7.15. The van der Waals surface area contributed by atoms with Crippen molar-refractivity contribution in [3.05, 3.63) is 68.5 Å². The Kier molecular flexibility index (Phi) is 3.16. The van der Waals surface area contributed by atoms with Gasteiger partial charge in [-0.15, -0.1) is 0 Å². The third-order valence-corrected chi connectivity index (χ3v) is 4.83. The van der Waals surface area contributed by atoms with Gasteiger partial charge in [0.15, 0.2) is 4.96 Å². The van der Waals surface area contributed by atoms with Crippen molar-refractivity contribution in [2.24, 2.45) is 0 Å². The average molecular weight is 322 g/mol. The molecule has 0 fully saturated rings. The molecule has 0 aliphatic carbocycles. The normalized spacial score (nSPS) is 12.3. The number of benzene rings is 2. The summed E-state index contributed by atoms with van der Waals surface area (Å²) >= 11 is 1.41. The van der Waals surface area contributed by atoms with Crippen LogP contribution in [0.1, 0.15) is 11.1 Å². The smallest absolute Gasteiger partial charge is 0.274 e. The fourth-order valence-corrected chi connectivity index (χ4v) is 3.74. The number of aromatic nitrogens is 2. The molecule has 4 aromatic rings. The molecule has 0 saturated carbocycles. The number of nitrogens with zero attached hydrogens (tertiary/aromatic N) is 2. The molecule has 23 heavy (non-hydrogen) atoms. The molecule has 5 heteroatoms. The first kappa shape index (κ1) is 14.0. The minimum atomic E-state index is -0.0211. The van der Waals surface area contributed by atoms with Gasteiger partial charge in [-0.2, -0.15) is 0 Å². The van der Waals surface area contributed by atoms with Crippen LogP contribution in [0.2, 0.25) is 0 Å². The predicted molar refractivity (Wildman–Crippen MR) is 93.4 cm³/mol. The third-order valence-electron chi connectivity index (χ3n) is 3.86. The molecule has 4 rings (SSSR count). The molecule has 114 valence electrons. The zero-order chi connectivity index (χ0) is 16.0. The van der Waals surface area contributed by atoms with Gasteiger partial charge in [0, 0.05) is 0 Å². The number of para-hydroxylation sites is 2. The first-order chi connectivity index (χ1) is 11.2. The number of ether oxygens (including phenoxy) is 1. The van der Waals surface area contributed by atoms with Crippen molar-refractivity contribution < 1.29 is 4.74 Å². The number of imidazole rings is 1. The zero-order valence-electron chi connectivity index (χ0n) is 12.7. The lowest BCUT2D eigenvalue weighted by Crippen LogP contribution is -2.22. The lowest BCUT2D eigenvalue weighted by atomic mass is 10.1. The molecule has 0 aliphatic heterocycles. The van der Waals surface area contributed by atoms with Gasteiger partial charge in [-0.05, 0) is 48.4 Å². The summed E-state index contributed by atoms with van der Waals surface area (Å²) in [6, 6.07) is 13.6. The lowest BCUT2D eigenvalue weighted by Gasteiger charge is -2.04. The van der Waals surface area contributed by atoms with Crippen molar-refractivity contribution in [1.29, 1.82) is 0 Å². The summed E-state index contributed by atoms with van der Waals surface area (Å²) in [5, 5.41) is 0. The molecular formula is C18H14N2O2S. The molecule has 0 aliphatic rings. The minimum absolute atomic E-state index is 0.0211. The Morgan fingerprint density at radius 1 is 1.22 bits per heavy atom. The van der Waals surface area contributed by atoms with Crippen LogP contribution >= 0.6 is 11.3 Å². The van der Waals surface area contributed by atoms with Crippen LogP contribution in [-0.4, -0.2) is 16.5 Å². The van der Waals surface area contributed by atoms with Gasteiger partial charge >= 0.3 is 0 Å². The lowest BCUT2D eigenvalue weighted by molar-refractivity contribution is 0.411. The molecule has 2 heterocycles. The van der Waals surface area contributed by atoms with Gasteiger partial charge in [0.05, 0.1) is 22.7 Å². The van der Waals surface area contributed by atoms with Gasteiger partial charge < -0.3 is 4.74 Å². The summed E-state index contributed by atoms with van der Waals surface area (Å²) in [5.74, 6) is 0.844. The van der Waals surface area contributed by atoms with Crippen LogP contribution in [0, 0.1) is 6.92 Å². The Bertz CT molecular complexity index is 1140. The Morgan fingerprint density at radius 2 is 2.04 bits per heavy atom. The van der Waals surface area contributed by atoms with E-state index in [1.165, 1.54) is 11.3 Å². The molecular weight excluding hydrogens is 308 g/mol. The number of hydrogen-bond acceptors (Lipinski definition) is 4. The maximum absolute atomic E-state index is 12.7. The summed E-state index contributed by atoms with van der Waals surface area (Å²) in [5.41, 5.74) is 3.71. The molecule has 0 unspecified atom stereocenters. The van der Waals surface area contributed by atoms with E-state index in [-0.39, 0.29) is 5.56 Å². The predicted octanol–water partition coefficient (Wildman–Crippen LogP) is 2.77. The number of hydrogen-bond donors (Lipinski definition) is 0. The van der Waals surface area contributed by atoms with Crippen LogP contribution < -0.4 is 14.8 Å². The second-order valence-corrected chi connectivity index (χ2v) is 6.37. The molecule has 2 aromatic heterocycles. The third kappa shape index (κ3) is 2.21. The van der Waals surface area contributed by atoms with E-state index < -0.39 is 0 Å². The monoisotopic (exact) mass is 322 g/mol. The van der Waals surface area contributed by atoms with E-state index in [1.807, 2.05) is 55.5 Å². The minimum Gasteiger partial charge on any atom is -0.496 e.